The van der Waals surface area contributed by atoms with Crippen LogP contribution in [0.4, 0.5) is 0 Å². The lowest BCUT2D eigenvalue weighted by Gasteiger charge is -2.37. The SMILES string of the molecule is O=C(O)C1CCC(C2c3ccc(O)c(O)c3Oc3c2ccc(O)c3O)CC1. The van der Waals surface area contributed by atoms with Crippen molar-refractivity contribution in [2.24, 2.45) is 11.8 Å². The molecular formula is C20H20O7. The lowest BCUT2D eigenvalue weighted by molar-refractivity contribution is -0.143. The molecule has 0 saturated heterocycles. The molecule has 0 unspecified atom stereocenters. The molecule has 1 fully saturated rings. The zero-order valence-corrected chi connectivity index (χ0v) is 14.4. The molecule has 2 aromatic rings. The van der Waals surface area contributed by atoms with Crippen molar-refractivity contribution in [1.29, 1.82) is 0 Å². The number of fused-ring (bicyclic) bond motifs is 2. The van der Waals surface area contributed by atoms with Crippen molar-refractivity contribution in [1.82, 2.24) is 0 Å². The maximum Gasteiger partial charge on any atom is 0.306 e. The van der Waals surface area contributed by atoms with Crippen molar-refractivity contribution in [3.8, 4) is 34.5 Å². The first-order valence-corrected chi connectivity index (χ1v) is 8.88. The molecule has 0 radical (unpaired) electrons. The fourth-order valence-electron chi connectivity index (χ4n) is 4.33. The number of hydrogen-bond acceptors (Lipinski definition) is 6. The number of rotatable bonds is 2. The normalized spacial score (nSPS) is 21.8. The number of aliphatic carboxylic acids is 1. The maximum absolute atomic E-state index is 11.3. The molecule has 1 heterocycles. The molecule has 27 heavy (non-hydrogen) atoms. The minimum atomic E-state index is -0.786. The molecule has 2 aromatic carbocycles. The summed E-state index contributed by atoms with van der Waals surface area (Å²) in [5, 5.41) is 49.4. The maximum atomic E-state index is 11.3. The summed E-state index contributed by atoms with van der Waals surface area (Å²) >= 11 is 0. The van der Waals surface area contributed by atoms with E-state index >= 15 is 0 Å². The number of aromatic hydroxyl groups is 4. The Balaban J connectivity index is 1.81. The monoisotopic (exact) mass is 372 g/mol. The van der Waals surface area contributed by atoms with E-state index in [2.05, 4.69) is 0 Å². The van der Waals surface area contributed by atoms with Crippen molar-refractivity contribution in [2.75, 3.05) is 0 Å². The lowest BCUT2D eigenvalue weighted by atomic mass is 9.70. The zero-order chi connectivity index (χ0) is 19.3. The Morgan fingerprint density at radius 2 is 1.30 bits per heavy atom. The highest BCUT2D eigenvalue weighted by Crippen LogP contribution is 2.58. The van der Waals surface area contributed by atoms with Gasteiger partial charge in [-0.1, -0.05) is 12.1 Å². The predicted octanol–water partition coefficient (Wildman–Crippen LogP) is 3.64. The van der Waals surface area contributed by atoms with Crippen LogP contribution >= 0.6 is 0 Å². The van der Waals surface area contributed by atoms with Gasteiger partial charge in [0.1, 0.15) is 0 Å². The van der Waals surface area contributed by atoms with Crippen LogP contribution in [-0.2, 0) is 4.79 Å². The van der Waals surface area contributed by atoms with E-state index in [0.717, 1.165) is 0 Å². The van der Waals surface area contributed by atoms with Gasteiger partial charge in [0.05, 0.1) is 5.92 Å². The van der Waals surface area contributed by atoms with Crippen molar-refractivity contribution >= 4 is 5.97 Å². The van der Waals surface area contributed by atoms with Gasteiger partial charge in [-0.2, -0.15) is 0 Å². The van der Waals surface area contributed by atoms with Crippen molar-refractivity contribution in [3.05, 3.63) is 35.4 Å². The van der Waals surface area contributed by atoms with Crippen molar-refractivity contribution in [2.45, 2.75) is 31.6 Å². The van der Waals surface area contributed by atoms with E-state index in [9.17, 15) is 30.3 Å². The third kappa shape index (κ3) is 2.70. The lowest BCUT2D eigenvalue weighted by Crippen LogP contribution is -2.27. The smallest absolute Gasteiger partial charge is 0.306 e. The summed E-state index contributed by atoms with van der Waals surface area (Å²) in [5.74, 6) is -2.76. The first kappa shape index (κ1) is 17.3. The molecule has 0 bridgehead atoms. The van der Waals surface area contributed by atoms with Crippen molar-refractivity contribution < 1.29 is 35.1 Å². The van der Waals surface area contributed by atoms with Gasteiger partial charge in [-0.3, -0.25) is 4.79 Å². The second kappa shape index (κ2) is 6.26. The third-order valence-corrected chi connectivity index (χ3v) is 5.75. The number of benzene rings is 2. The topological polar surface area (TPSA) is 127 Å². The number of hydrogen-bond donors (Lipinski definition) is 5. The van der Waals surface area contributed by atoms with Gasteiger partial charge in [-0.25, -0.2) is 0 Å². The van der Waals surface area contributed by atoms with Crippen LogP contribution in [0.5, 0.6) is 34.5 Å². The van der Waals surface area contributed by atoms with E-state index < -0.39 is 17.5 Å². The number of carbonyl (C=O) groups is 1. The molecule has 1 aliphatic carbocycles. The summed E-state index contributed by atoms with van der Waals surface area (Å²) in [7, 11) is 0. The van der Waals surface area contributed by atoms with Crippen molar-refractivity contribution in [3.63, 3.8) is 0 Å². The Labute approximate surface area is 155 Å². The van der Waals surface area contributed by atoms with Crippen LogP contribution in [0.2, 0.25) is 0 Å². The first-order chi connectivity index (χ1) is 12.9. The molecule has 7 heteroatoms. The minimum absolute atomic E-state index is 0.0498. The van der Waals surface area contributed by atoms with E-state index in [1.807, 2.05) is 0 Å². The Kier molecular flexibility index (Phi) is 4.02. The molecule has 0 amide bonds. The van der Waals surface area contributed by atoms with Crippen LogP contribution in [0, 0.1) is 11.8 Å². The highest BCUT2D eigenvalue weighted by molar-refractivity contribution is 5.70. The van der Waals surface area contributed by atoms with Gasteiger partial charge in [0.25, 0.3) is 0 Å². The highest BCUT2D eigenvalue weighted by Gasteiger charge is 2.39. The van der Waals surface area contributed by atoms with E-state index in [4.69, 9.17) is 4.74 Å². The summed E-state index contributed by atoms with van der Waals surface area (Å²) < 4.78 is 5.67. The van der Waals surface area contributed by atoms with Crippen LogP contribution in [-0.4, -0.2) is 31.5 Å². The number of phenolic OH excluding ortho intramolecular Hbond substituents is 4. The Morgan fingerprint density at radius 1 is 0.815 bits per heavy atom. The fourth-order valence-corrected chi connectivity index (χ4v) is 4.33. The third-order valence-electron chi connectivity index (χ3n) is 5.75. The zero-order valence-electron chi connectivity index (χ0n) is 14.4. The predicted molar refractivity (Wildman–Crippen MR) is 94.5 cm³/mol. The molecule has 0 aromatic heterocycles. The Hall–Kier alpha value is -3.09. The average Bonchev–Trinajstić information content (AvgIpc) is 2.66. The summed E-state index contributed by atoms with van der Waals surface area (Å²) in [6, 6.07) is 6.12. The molecule has 7 nitrogen and oxygen atoms in total. The molecule has 142 valence electrons. The van der Waals surface area contributed by atoms with Gasteiger partial charge in [0.15, 0.2) is 23.0 Å². The quantitative estimate of drug-likeness (QED) is 0.509. The summed E-state index contributed by atoms with van der Waals surface area (Å²) in [5.41, 5.74) is 1.34. The minimum Gasteiger partial charge on any atom is -0.504 e. The second-order valence-electron chi connectivity index (χ2n) is 7.23. The Bertz CT molecular complexity index is 856. The summed E-state index contributed by atoms with van der Waals surface area (Å²) in [6.07, 6.45) is 2.44. The Morgan fingerprint density at radius 3 is 1.74 bits per heavy atom. The summed E-state index contributed by atoms with van der Waals surface area (Å²) in [4.78, 5) is 11.3. The van der Waals surface area contributed by atoms with Gasteiger partial charge < -0.3 is 30.3 Å². The molecule has 0 spiro atoms. The van der Waals surface area contributed by atoms with Crippen LogP contribution in [0.15, 0.2) is 24.3 Å². The van der Waals surface area contributed by atoms with E-state index in [1.54, 1.807) is 12.1 Å². The van der Waals surface area contributed by atoms with Crippen LogP contribution < -0.4 is 4.74 Å². The molecule has 0 atom stereocenters. The largest absolute Gasteiger partial charge is 0.504 e. The molecule has 1 saturated carbocycles. The molecule has 2 aliphatic rings. The van der Waals surface area contributed by atoms with Gasteiger partial charge >= 0.3 is 5.97 Å². The molecule has 5 N–H and O–H groups in total. The second-order valence-corrected chi connectivity index (χ2v) is 7.23. The highest BCUT2D eigenvalue weighted by atomic mass is 16.5. The standard InChI is InChI=1S/C20H20O7/c21-13-7-5-11-15(9-1-3-10(4-2-9)20(25)26)12-6-8-14(22)17(24)19(12)27-18(11)16(13)23/h5-10,15,21-24H,1-4H2,(H,25,26). The number of phenols is 4. The van der Waals surface area contributed by atoms with E-state index in [0.29, 0.717) is 36.8 Å². The van der Waals surface area contributed by atoms with Crippen LogP contribution in [0.25, 0.3) is 0 Å². The molecular weight excluding hydrogens is 352 g/mol. The summed E-state index contributed by atoms with van der Waals surface area (Å²) in [6.45, 7) is 0. The number of carboxylic acid groups (broad SMARTS) is 1. The van der Waals surface area contributed by atoms with Gasteiger partial charge in [0.2, 0.25) is 11.5 Å². The van der Waals surface area contributed by atoms with Crippen LogP contribution in [0.3, 0.4) is 0 Å². The van der Waals surface area contributed by atoms with Crippen LogP contribution in [0.1, 0.15) is 42.7 Å². The molecule has 4 rings (SSSR count). The molecule has 1 aliphatic heterocycles. The van der Waals surface area contributed by atoms with Gasteiger partial charge in [0, 0.05) is 17.0 Å². The first-order valence-electron chi connectivity index (χ1n) is 8.88. The van der Waals surface area contributed by atoms with E-state index in [-0.39, 0.29) is 40.8 Å². The van der Waals surface area contributed by atoms with E-state index in [1.165, 1.54) is 12.1 Å². The average molecular weight is 372 g/mol. The van der Waals surface area contributed by atoms with Gasteiger partial charge in [-0.05, 0) is 43.7 Å². The van der Waals surface area contributed by atoms with Gasteiger partial charge in [-0.15, -0.1) is 0 Å². The number of carboxylic acids is 1. The fraction of sp³-hybridized carbons (Fsp3) is 0.350. The number of ether oxygens (including phenoxy) is 1.